The highest BCUT2D eigenvalue weighted by Crippen LogP contribution is 2.44. The van der Waals surface area contributed by atoms with Crippen molar-refractivity contribution in [3.8, 4) is 0 Å². The second-order valence-electron chi connectivity index (χ2n) is 12.4. The average molecular weight is 511 g/mol. The molecule has 0 aromatic carbocycles. The van der Waals surface area contributed by atoms with E-state index in [1.54, 1.807) is 0 Å². The van der Waals surface area contributed by atoms with Crippen LogP contribution in [0, 0.1) is 17.8 Å². The number of fused-ring (bicyclic) bond motifs is 1. The maximum atomic E-state index is 11.6. The molecule has 2 unspecified atom stereocenters. The Morgan fingerprint density at radius 2 is 2.00 bits per heavy atom. The fourth-order valence-electron chi connectivity index (χ4n) is 5.42. The van der Waals surface area contributed by atoms with Crippen molar-refractivity contribution < 1.29 is 28.5 Å². The predicted molar refractivity (Wildman–Crippen MR) is 141 cm³/mol. The third kappa shape index (κ3) is 7.87. The first kappa shape index (κ1) is 28.8. The highest BCUT2D eigenvalue weighted by molar-refractivity contribution is 6.74. The fourth-order valence-corrected chi connectivity index (χ4v) is 6.46. The molecule has 2 aliphatic heterocycles. The number of carboxylic acids is 1. The second-order valence-corrected chi connectivity index (χ2v) is 17.2. The molecule has 0 radical (unpaired) electrons. The van der Waals surface area contributed by atoms with Gasteiger partial charge in [-0.2, -0.15) is 0 Å². The zero-order valence-corrected chi connectivity index (χ0v) is 24.0. The zero-order valence-electron chi connectivity index (χ0n) is 23.0. The maximum absolute atomic E-state index is 11.6. The third-order valence-electron chi connectivity index (χ3n) is 8.84. The van der Waals surface area contributed by atoms with Crippen molar-refractivity contribution in [2.24, 2.45) is 17.8 Å². The molecule has 7 heteroatoms. The van der Waals surface area contributed by atoms with Crippen LogP contribution >= 0.6 is 0 Å². The van der Waals surface area contributed by atoms with Gasteiger partial charge in [-0.05, 0) is 74.6 Å². The molecule has 1 saturated heterocycles. The van der Waals surface area contributed by atoms with Gasteiger partial charge in [0.25, 0.3) is 0 Å². The average Bonchev–Trinajstić information content (AvgIpc) is 2.98. The van der Waals surface area contributed by atoms with Crippen molar-refractivity contribution >= 4 is 14.3 Å². The zero-order chi connectivity index (χ0) is 25.6. The monoisotopic (exact) mass is 510 g/mol. The van der Waals surface area contributed by atoms with Gasteiger partial charge in [-0.15, -0.1) is 0 Å². The summed E-state index contributed by atoms with van der Waals surface area (Å²) in [6, 6.07) is 0. The van der Waals surface area contributed by atoms with Gasteiger partial charge in [0.1, 0.15) is 0 Å². The van der Waals surface area contributed by atoms with Crippen molar-refractivity contribution in [2.75, 3.05) is 19.8 Å². The van der Waals surface area contributed by atoms with Gasteiger partial charge in [0.05, 0.1) is 24.7 Å². The number of ether oxygens (including phenoxy) is 3. The predicted octanol–water partition coefficient (Wildman–Crippen LogP) is 6.55. The van der Waals surface area contributed by atoms with E-state index in [-0.39, 0.29) is 35.4 Å². The number of rotatable bonds is 11. The Morgan fingerprint density at radius 3 is 2.63 bits per heavy atom. The molecular formula is C28H50O6Si. The van der Waals surface area contributed by atoms with Gasteiger partial charge in [0, 0.05) is 25.6 Å². The Labute approximate surface area is 214 Å². The summed E-state index contributed by atoms with van der Waals surface area (Å²) in [5, 5.41) is 9.68. The summed E-state index contributed by atoms with van der Waals surface area (Å²) in [7, 11) is -1.88. The van der Waals surface area contributed by atoms with Crippen molar-refractivity contribution in [3.63, 3.8) is 0 Å². The lowest BCUT2D eigenvalue weighted by Crippen LogP contribution is -2.44. The number of carbonyl (C=O) groups is 1. The van der Waals surface area contributed by atoms with Crippen molar-refractivity contribution in [1.29, 1.82) is 0 Å². The van der Waals surface area contributed by atoms with Crippen LogP contribution in [0.2, 0.25) is 18.1 Å². The van der Waals surface area contributed by atoms with Gasteiger partial charge in [-0.1, -0.05) is 40.2 Å². The first-order valence-corrected chi connectivity index (χ1v) is 16.9. The number of allylic oxidation sites excluding steroid dienone is 1. The van der Waals surface area contributed by atoms with E-state index in [1.165, 1.54) is 5.57 Å². The Balaban J connectivity index is 1.68. The smallest absolute Gasteiger partial charge is 0.306 e. The largest absolute Gasteiger partial charge is 0.481 e. The minimum Gasteiger partial charge on any atom is -0.481 e. The lowest BCUT2D eigenvalue weighted by Gasteiger charge is -2.38. The molecule has 202 valence electrons. The molecule has 0 amide bonds. The molecule has 0 aromatic rings. The Morgan fingerprint density at radius 1 is 1.23 bits per heavy atom. The molecule has 3 aliphatic rings. The number of hydrogen-bond acceptors (Lipinski definition) is 5. The van der Waals surface area contributed by atoms with Gasteiger partial charge in [0.15, 0.2) is 14.6 Å². The summed E-state index contributed by atoms with van der Waals surface area (Å²) >= 11 is 0. The number of hydrogen-bond donors (Lipinski definition) is 1. The lowest BCUT2D eigenvalue weighted by atomic mass is 9.90. The van der Waals surface area contributed by atoms with Crippen LogP contribution in [-0.4, -0.2) is 57.7 Å². The summed E-state index contributed by atoms with van der Waals surface area (Å²) in [5.74, 6) is -0.298. The molecule has 6 atom stereocenters. The molecule has 2 heterocycles. The second kappa shape index (κ2) is 12.7. The Bertz CT molecular complexity index is 709. The molecule has 1 saturated carbocycles. The van der Waals surface area contributed by atoms with E-state index in [0.29, 0.717) is 25.6 Å². The minimum absolute atomic E-state index is 0.0914. The van der Waals surface area contributed by atoms with E-state index in [0.717, 1.165) is 58.0 Å². The molecule has 6 nitrogen and oxygen atoms in total. The van der Waals surface area contributed by atoms with Crippen LogP contribution in [0.3, 0.4) is 0 Å². The van der Waals surface area contributed by atoms with Crippen LogP contribution < -0.4 is 0 Å². The van der Waals surface area contributed by atoms with Crippen LogP contribution in [0.4, 0.5) is 0 Å². The maximum Gasteiger partial charge on any atom is 0.306 e. The van der Waals surface area contributed by atoms with Crippen LogP contribution in [0.25, 0.3) is 0 Å². The number of carboxylic acid groups (broad SMARTS) is 1. The SMILES string of the molecule is CCCC(CCC1=CC[C@@H]2[C@@H](CO[Si](C)(C)C(C)(C)C)[C@H](OC3CCCCO3)C[C@H]2OC1)C(=O)O. The first-order valence-electron chi connectivity index (χ1n) is 13.9. The summed E-state index contributed by atoms with van der Waals surface area (Å²) in [6.45, 7) is 15.6. The quantitative estimate of drug-likeness (QED) is 0.251. The van der Waals surface area contributed by atoms with Gasteiger partial charge in [0.2, 0.25) is 0 Å². The van der Waals surface area contributed by atoms with Crippen molar-refractivity contribution in [3.05, 3.63) is 11.6 Å². The van der Waals surface area contributed by atoms with Crippen LogP contribution in [0.1, 0.15) is 85.5 Å². The van der Waals surface area contributed by atoms with Crippen LogP contribution in [0.15, 0.2) is 11.6 Å². The molecule has 0 spiro atoms. The molecule has 0 bridgehead atoms. The van der Waals surface area contributed by atoms with E-state index < -0.39 is 14.3 Å². The van der Waals surface area contributed by atoms with Crippen LogP contribution in [0.5, 0.6) is 0 Å². The van der Waals surface area contributed by atoms with Gasteiger partial charge < -0.3 is 23.7 Å². The molecule has 35 heavy (non-hydrogen) atoms. The van der Waals surface area contributed by atoms with E-state index in [2.05, 4.69) is 39.9 Å². The summed E-state index contributed by atoms with van der Waals surface area (Å²) in [4.78, 5) is 11.6. The Kier molecular flexibility index (Phi) is 10.4. The van der Waals surface area contributed by atoms with E-state index in [1.807, 2.05) is 6.92 Å². The molecule has 1 aliphatic carbocycles. The molecule has 3 rings (SSSR count). The summed E-state index contributed by atoms with van der Waals surface area (Å²) < 4.78 is 25.7. The summed E-state index contributed by atoms with van der Waals surface area (Å²) in [6.07, 6.45) is 10.7. The molecule has 2 fully saturated rings. The van der Waals surface area contributed by atoms with Crippen LogP contribution in [-0.2, 0) is 23.4 Å². The first-order chi connectivity index (χ1) is 16.5. The minimum atomic E-state index is -1.88. The highest BCUT2D eigenvalue weighted by Gasteiger charge is 2.47. The van der Waals surface area contributed by atoms with E-state index in [9.17, 15) is 9.90 Å². The Hall–Kier alpha value is -0.733. The van der Waals surface area contributed by atoms with E-state index in [4.69, 9.17) is 18.6 Å². The summed E-state index contributed by atoms with van der Waals surface area (Å²) in [5.41, 5.74) is 1.25. The molecule has 0 aromatic heterocycles. The van der Waals surface area contributed by atoms with Gasteiger partial charge in [-0.3, -0.25) is 4.79 Å². The van der Waals surface area contributed by atoms with Gasteiger partial charge >= 0.3 is 5.97 Å². The third-order valence-corrected chi connectivity index (χ3v) is 13.3. The van der Waals surface area contributed by atoms with E-state index >= 15 is 0 Å². The topological polar surface area (TPSA) is 74.2 Å². The molecule has 1 N–H and O–H groups in total. The van der Waals surface area contributed by atoms with Crippen molar-refractivity contribution in [1.82, 2.24) is 0 Å². The standard InChI is InChI=1S/C28H50O6Si/c1-7-10-21(27(29)30)14-12-20-13-15-22-23(19-33-35(5,6)28(2,3)4)25(17-24(22)32-18-20)34-26-11-8-9-16-31-26/h13,21-26H,7-12,14-19H2,1-6H3,(H,29,30)/t21?,22-,23-,24-,25-,26?/m1/s1. The molecular weight excluding hydrogens is 460 g/mol. The lowest BCUT2D eigenvalue weighted by molar-refractivity contribution is -0.198. The van der Waals surface area contributed by atoms with Crippen molar-refractivity contribution in [2.45, 2.75) is 122 Å². The van der Waals surface area contributed by atoms with Gasteiger partial charge in [-0.25, -0.2) is 0 Å². The normalized spacial score (nSPS) is 30.9. The fraction of sp³-hybridized carbons (Fsp3) is 0.893. The highest BCUT2D eigenvalue weighted by atomic mass is 28.4. The number of aliphatic carboxylic acids is 1.